The van der Waals surface area contributed by atoms with Gasteiger partial charge in [-0.15, -0.1) is 0 Å². The van der Waals surface area contributed by atoms with Crippen LogP contribution < -0.4 is 15.4 Å². The van der Waals surface area contributed by atoms with Gasteiger partial charge in [-0.05, 0) is 48.9 Å². The first-order chi connectivity index (χ1) is 15.2. The molecular formula is C22H29N3O6S. The molecule has 2 aromatic carbocycles. The molecule has 0 radical (unpaired) electrons. The number of hydrogen-bond donors (Lipinski definition) is 2. The SMILES string of the molecule is CCN(CC)S(=O)(=O)c1ccc(OC)c(NC(=O)CNc2ccc(C(=O)OC)cc2C)c1. The van der Waals surface area contributed by atoms with Crippen LogP contribution in [0.15, 0.2) is 41.3 Å². The molecule has 0 spiro atoms. The van der Waals surface area contributed by atoms with E-state index in [4.69, 9.17) is 9.47 Å². The zero-order chi connectivity index (χ0) is 23.9. The molecule has 0 aliphatic carbocycles. The normalized spacial score (nSPS) is 11.2. The van der Waals surface area contributed by atoms with E-state index in [-0.39, 0.29) is 17.1 Å². The van der Waals surface area contributed by atoms with Crippen LogP contribution in [0.2, 0.25) is 0 Å². The maximum atomic E-state index is 12.8. The summed E-state index contributed by atoms with van der Waals surface area (Å²) in [6, 6.07) is 9.30. The van der Waals surface area contributed by atoms with Crippen LogP contribution in [0.4, 0.5) is 11.4 Å². The molecular weight excluding hydrogens is 434 g/mol. The van der Waals surface area contributed by atoms with E-state index >= 15 is 0 Å². The van der Waals surface area contributed by atoms with Crippen molar-refractivity contribution >= 4 is 33.3 Å². The Morgan fingerprint density at radius 1 is 1.00 bits per heavy atom. The monoisotopic (exact) mass is 463 g/mol. The number of rotatable bonds is 10. The average molecular weight is 464 g/mol. The number of methoxy groups -OCH3 is 2. The summed E-state index contributed by atoms with van der Waals surface area (Å²) in [4.78, 5) is 24.2. The van der Waals surface area contributed by atoms with Gasteiger partial charge in [0.2, 0.25) is 15.9 Å². The molecule has 0 aliphatic rings. The number of hydrogen-bond acceptors (Lipinski definition) is 7. The van der Waals surface area contributed by atoms with Gasteiger partial charge in [-0.2, -0.15) is 4.31 Å². The van der Waals surface area contributed by atoms with E-state index in [1.54, 1.807) is 39.0 Å². The van der Waals surface area contributed by atoms with E-state index in [0.717, 1.165) is 5.56 Å². The predicted molar refractivity (Wildman–Crippen MR) is 123 cm³/mol. The average Bonchev–Trinajstić information content (AvgIpc) is 2.78. The Morgan fingerprint density at radius 3 is 2.25 bits per heavy atom. The van der Waals surface area contributed by atoms with Crippen LogP contribution in [0, 0.1) is 6.92 Å². The number of carbonyl (C=O) groups excluding carboxylic acids is 2. The second-order valence-corrected chi connectivity index (χ2v) is 8.81. The number of benzene rings is 2. The molecule has 0 saturated heterocycles. The number of anilines is 2. The zero-order valence-electron chi connectivity index (χ0n) is 18.9. The van der Waals surface area contributed by atoms with Crippen LogP contribution in [0.5, 0.6) is 5.75 Å². The number of sulfonamides is 1. The molecule has 2 aromatic rings. The first kappa shape index (κ1) is 25.2. The van der Waals surface area contributed by atoms with E-state index in [1.165, 1.54) is 36.7 Å². The van der Waals surface area contributed by atoms with Gasteiger partial charge in [0.25, 0.3) is 0 Å². The summed E-state index contributed by atoms with van der Waals surface area (Å²) in [7, 11) is -0.937. The minimum absolute atomic E-state index is 0.0690. The fourth-order valence-electron chi connectivity index (χ4n) is 3.13. The second kappa shape index (κ2) is 11.0. The number of ether oxygens (including phenoxy) is 2. The Bertz CT molecular complexity index is 1080. The highest BCUT2D eigenvalue weighted by atomic mass is 32.2. The lowest BCUT2D eigenvalue weighted by Crippen LogP contribution is -2.30. The van der Waals surface area contributed by atoms with Gasteiger partial charge in [0, 0.05) is 18.8 Å². The molecule has 0 heterocycles. The number of nitrogens with one attached hydrogen (secondary N) is 2. The molecule has 0 atom stereocenters. The standard InChI is InChI=1S/C22H29N3O6S/c1-6-25(7-2)32(28,29)17-9-11-20(30-4)19(13-17)24-21(26)14-23-18-10-8-16(12-15(18)3)22(27)31-5/h8-13,23H,6-7,14H2,1-5H3,(H,24,26). The topological polar surface area (TPSA) is 114 Å². The predicted octanol–water partition coefficient (Wildman–Crippen LogP) is 2.87. The summed E-state index contributed by atoms with van der Waals surface area (Å²) < 4.78 is 36.9. The Morgan fingerprint density at radius 2 is 1.69 bits per heavy atom. The number of aryl methyl sites for hydroxylation is 1. The van der Waals surface area contributed by atoms with Crippen molar-refractivity contribution in [2.75, 3.05) is 44.5 Å². The number of nitrogens with zero attached hydrogens (tertiary/aromatic N) is 1. The molecule has 0 bridgehead atoms. The smallest absolute Gasteiger partial charge is 0.337 e. The van der Waals surface area contributed by atoms with Crippen molar-refractivity contribution in [2.45, 2.75) is 25.7 Å². The molecule has 2 rings (SSSR count). The van der Waals surface area contributed by atoms with Crippen molar-refractivity contribution in [1.82, 2.24) is 4.31 Å². The quantitative estimate of drug-likeness (QED) is 0.521. The Kier molecular flexibility index (Phi) is 8.62. The van der Waals surface area contributed by atoms with Gasteiger partial charge in [-0.1, -0.05) is 13.8 Å². The van der Waals surface area contributed by atoms with Crippen molar-refractivity contribution in [3.63, 3.8) is 0 Å². The fourth-order valence-corrected chi connectivity index (χ4v) is 4.62. The van der Waals surface area contributed by atoms with E-state index in [9.17, 15) is 18.0 Å². The van der Waals surface area contributed by atoms with Gasteiger partial charge in [0.15, 0.2) is 0 Å². The van der Waals surface area contributed by atoms with Gasteiger partial charge < -0.3 is 20.1 Å². The Labute approximate surface area is 188 Å². The van der Waals surface area contributed by atoms with Crippen LogP contribution in [-0.2, 0) is 19.6 Å². The molecule has 0 unspecified atom stereocenters. The van der Waals surface area contributed by atoms with Crippen molar-refractivity contribution in [1.29, 1.82) is 0 Å². The lowest BCUT2D eigenvalue weighted by molar-refractivity contribution is -0.114. The molecule has 1 amide bonds. The summed E-state index contributed by atoms with van der Waals surface area (Å²) in [5.41, 5.74) is 2.12. The molecule has 0 fully saturated rings. The first-order valence-electron chi connectivity index (χ1n) is 10.1. The largest absolute Gasteiger partial charge is 0.495 e. The summed E-state index contributed by atoms with van der Waals surface area (Å²) in [5.74, 6) is -0.489. The highest BCUT2D eigenvalue weighted by molar-refractivity contribution is 7.89. The fraction of sp³-hybridized carbons (Fsp3) is 0.364. The number of carbonyl (C=O) groups is 2. The summed E-state index contributed by atoms with van der Waals surface area (Å²) in [6.45, 7) is 5.93. The van der Waals surface area contributed by atoms with Gasteiger partial charge >= 0.3 is 5.97 Å². The summed E-state index contributed by atoms with van der Waals surface area (Å²) >= 11 is 0. The highest BCUT2D eigenvalue weighted by Crippen LogP contribution is 2.29. The molecule has 0 saturated carbocycles. The van der Waals surface area contributed by atoms with E-state index in [0.29, 0.717) is 30.1 Å². The third-order valence-corrected chi connectivity index (χ3v) is 6.92. The molecule has 0 aliphatic heterocycles. The Hall–Kier alpha value is -3.11. The van der Waals surface area contributed by atoms with E-state index in [1.807, 2.05) is 0 Å². The van der Waals surface area contributed by atoms with Gasteiger partial charge in [-0.25, -0.2) is 13.2 Å². The molecule has 32 heavy (non-hydrogen) atoms. The van der Waals surface area contributed by atoms with E-state index in [2.05, 4.69) is 10.6 Å². The highest BCUT2D eigenvalue weighted by Gasteiger charge is 2.23. The van der Waals surface area contributed by atoms with Crippen LogP contribution in [0.25, 0.3) is 0 Å². The summed E-state index contributed by atoms with van der Waals surface area (Å²) in [6.07, 6.45) is 0. The molecule has 9 nitrogen and oxygen atoms in total. The number of amides is 1. The lowest BCUT2D eigenvalue weighted by atomic mass is 10.1. The van der Waals surface area contributed by atoms with Crippen molar-refractivity contribution < 1.29 is 27.5 Å². The third kappa shape index (κ3) is 5.77. The van der Waals surface area contributed by atoms with Crippen LogP contribution in [0.3, 0.4) is 0 Å². The molecule has 174 valence electrons. The van der Waals surface area contributed by atoms with Crippen LogP contribution >= 0.6 is 0 Å². The minimum atomic E-state index is -3.69. The maximum absolute atomic E-state index is 12.8. The van der Waals surface area contributed by atoms with Crippen molar-refractivity contribution in [3.05, 3.63) is 47.5 Å². The minimum Gasteiger partial charge on any atom is -0.495 e. The van der Waals surface area contributed by atoms with Crippen LogP contribution in [0.1, 0.15) is 29.8 Å². The maximum Gasteiger partial charge on any atom is 0.337 e. The molecule has 10 heteroatoms. The lowest BCUT2D eigenvalue weighted by Gasteiger charge is -2.19. The molecule has 2 N–H and O–H groups in total. The van der Waals surface area contributed by atoms with Gasteiger partial charge in [-0.3, -0.25) is 4.79 Å². The molecule has 0 aromatic heterocycles. The van der Waals surface area contributed by atoms with Crippen molar-refractivity contribution in [2.24, 2.45) is 0 Å². The zero-order valence-corrected chi connectivity index (χ0v) is 19.7. The van der Waals surface area contributed by atoms with Gasteiger partial charge in [0.05, 0.1) is 36.9 Å². The number of esters is 1. The van der Waals surface area contributed by atoms with Gasteiger partial charge in [0.1, 0.15) is 5.75 Å². The summed E-state index contributed by atoms with van der Waals surface area (Å²) in [5, 5.41) is 5.70. The van der Waals surface area contributed by atoms with E-state index < -0.39 is 21.9 Å². The van der Waals surface area contributed by atoms with Crippen LogP contribution in [-0.4, -0.2) is 58.5 Å². The second-order valence-electron chi connectivity index (χ2n) is 6.87. The third-order valence-electron chi connectivity index (χ3n) is 4.88. The Balaban J connectivity index is 2.16. The van der Waals surface area contributed by atoms with Crippen molar-refractivity contribution in [3.8, 4) is 5.75 Å². The first-order valence-corrected chi connectivity index (χ1v) is 11.5.